The van der Waals surface area contributed by atoms with E-state index in [4.69, 9.17) is 5.73 Å². The fraction of sp³-hybridized carbons (Fsp3) is 0.233. The molecule has 0 radical (unpaired) electrons. The third-order valence-corrected chi connectivity index (χ3v) is 6.88. The van der Waals surface area contributed by atoms with Crippen LogP contribution in [0.1, 0.15) is 21.5 Å². The summed E-state index contributed by atoms with van der Waals surface area (Å²) in [6.45, 7) is 6.50. The molecular weight excluding hydrogens is 418 g/mol. The summed E-state index contributed by atoms with van der Waals surface area (Å²) >= 11 is 0. The van der Waals surface area contributed by atoms with Crippen molar-refractivity contribution in [2.75, 3.05) is 32.7 Å². The number of primary amides is 1. The number of amides is 1. The molecule has 1 fully saturated rings. The van der Waals surface area contributed by atoms with Gasteiger partial charge in [-0.3, -0.25) is 9.69 Å². The first-order valence-electron chi connectivity index (χ1n) is 12.1. The Hall–Kier alpha value is -3.47. The SMILES string of the molecule is NC(=O)c1cccc(-c2ccc(CN3CCN(CCc4cccc5ccccc45)CC3)cc2)c1. The summed E-state index contributed by atoms with van der Waals surface area (Å²) in [5, 5.41) is 2.71. The van der Waals surface area contributed by atoms with Crippen LogP contribution in [0.15, 0.2) is 91.0 Å². The third-order valence-electron chi connectivity index (χ3n) is 6.88. The summed E-state index contributed by atoms with van der Waals surface area (Å²) in [7, 11) is 0. The lowest BCUT2D eigenvalue weighted by Crippen LogP contribution is -2.46. The van der Waals surface area contributed by atoms with Crippen molar-refractivity contribution in [2.24, 2.45) is 5.73 Å². The van der Waals surface area contributed by atoms with Crippen molar-refractivity contribution < 1.29 is 4.79 Å². The number of carbonyl (C=O) groups is 1. The zero-order valence-corrected chi connectivity index (χ0v) is 19.5. The second kappa shape index (κ2) is 10.2. The minimum absolute atomic E-state index is 0.394. The van der Waals surface area contributed by atoms with Crippen LogP contribution < -0.4 is 5.73 Å². The van der Waals surface area contributed by atoms with E-state index in [0.29, 0.717) is 5.56 Å². The molecule has 0 atom stereocenters. The largest absolute Gasteiger partial charge is 0.366 e. The summed E-state index contributed by atoms with van der Waals surface area (Å²) in [6.07, 6.45) is 1.10. The Bertz CT molecular complexity index is 1270. The Kier molecular flexibility index (Phi) is 6.70. The van der Waals surface area contributed by atoms with Crippen molar-refractivity contribution in [3.63, 3.8) is 0 Å². The van der Waals surface area contributed by atoms with E-state index in [1.165, 1.54) is 21.9 Å². The summed E-state index contributed by atoms with van der Waals surface area (Å²) in [5.41, 5.74) is 10.8. The Balaban J connectivity index is 1.13. The Morgan fingerprint density at radius 1 is 0.735 bits per heavy atom. The van der Waals surface area contributed by atoms with Crippen molar-refractivity contribution in [3.05, 3.63) is 108 Å². The molecule has 1 aliphatic rings. The molecule has 0 spiro atoms. The number of fused-ring (bicyclic) bond motifs is 1. The molecule has 0 aliphatic carbocycles. The highest BCUT2D eigenvalue weighted by molar-refractivity contribution is 5.94. The maximum Gasteiger partial charge on any atom is 0.248 e. The first-order valence-corrected chi connectivity index (χ1v) is 12.1. The number of carbonyl (C=O) groups excluding carboxylic acids is 1. The van der Waals surface area contributed by atoms with Crippen molar-refractivity contribution in [1.82, 2.24) is 9.80 Å². The number of rotatable bonds is 7. The third kappa shape index (κ3) is 5.19. The van der Waals surface area contributed by atoms with Gasteiger partial charge < -0.3 is 10.6 Å². The van der Waals surface area contributed by atoms with E-state index >= 15 is 0 Å². The van der Waals surface area contributed by atoms with Gasteiger partial charge in [0.25, 0.3) is 0 Å². The van der Waals surface area contributed by atoms with Crippen LogP contribution in [0.5, 0.6) is 0 Å². The van der Waals surface area contributed by atoms with E-state index in [-0.39, 0.29) is 0 Å². The van der Waals surface area contributed by atoms with E-state index < -0.39 is 5.91 Å². The van der Waals surface area contributed by atoms with Gasteiger partial charge in [-0.2, -0.15) is 0 Å². The average molecular weight is 450 g/mol. The lowest BCUT2D eigenvalue weighted by atomic mass is 10.0. The van der Waals surface area contributed by atoms with E-state index in [1.807, 2.05) is 18.2 Å². The monoisotopic (exact) mass is 449 g/mol. The quantitative estimate of drug-likeness (QED) is 0.434. The summed E-state index contributed by atoms with van der Waals surface area (Å²) < 4.78 is 0. The maximum atomic E-state index is 11.5. The van der Waals surface area contributed by atoms with E-state index in [2.05, 4.69) is 76.5 Å². The lowest BCUT2D eigenvalue weighted by Gasteiger charge is -2.34. The molecule has 2 N–H and O–H groups in total. The molecule has 1 aliphatic heterocycles. The first-order chi connectivity index (χ1) is 16.7. The molecule has 4 aromatic carbocycles. The molecule has 172 valence electrons. The van der Waals surface area contributed by atoms with Crippen LogP contribution in [0.3, 0.4) is 0 Å². The molecule has 1 saturated heterocycles. The van der Waals surface area contributed by atoms with Gasteiger partial charge in [0.05, 0.1) is 0 Å². The van der Waals surface area contributed by atoms with Gasteiger partial charge in [-0.05, 0) is 51.6 Å². The fourth-order valence-electron chi connectivity index (χ4n) is 4.87. The van der Waals surface area contributed by atoms with Gasteiger partial charge in [-0.1, -0.05) is 78.9 Å². The fourth-order valence-corrected chi connectivity index (χ4v) is 4.87. The van der Waals surface area contributed by atoms with E-state index in [1.54, 1.807) is 6.07 Å². The molecule has 0 unspecified atom stereocenters. The minimum atomic E-state index is -0.394. The van der Waals surface area contributed by atoms with E-state index in [0.717, 1.165) is 56.8 Å². The molecule has 0 aromatic heterocycles. The van der Waals surface area contributed by atoms with Gasteiger partial charge >= 0.3 is 0 Å². The van der Waals surface area contributed by atoms with Crippen LogP contribution in [-0.2, 0) is 13.0 Å². The average Bonchev–Trinajstić information content (AvgIpc) is 2.89. The smallest absolute Gasteiger partial charge is 0.248 e. The Morgan fingerprint density at radius 3 is 2.24 bits per heavy atom. The number of nitrogens with zero attached hydrogens (tertiary/aromatic N) is 2. The summed E-state index contributed by atoms with van der Waals surface area (Å²) in [5.74, 6) is -0.394. The zero-order valence-electron chi connectivity index (χ0n) is 19.5. The van der Waals surface area contributed by atoms with Gasteiger partial charge in [0.2, 0.25) is 5.91 Å². The lowest BCUT2D eigenvalue weighted by molar-refractivity contribution is 0.100. The molecule has 1 amide bonds. The highest BCUT2D eigenvalue weighted by Gasteiger charge is 2.17. The highest BCUT2D eigenvalue weighted by atomic mass is 16.1. The molecular formula is C30H31N3O. The maximum absolute atomic E-state index is 11.5. The van der Waals surface area contributed by atoms with Crippen LogP contribution in [0.25, 0.3) is 21.9 Å². The van der Waals surface area contributed by atoms with Gasteiger partial charge in [0.15, 0.2) is 0 Å². The molecule has 5 rings (SSSR count). The first kappa shape index (κ1) is 22.3. The molecule has 1 heterocycles. The van der Waals surface area contributed by atoms with Crippen LogP contribution in [-0.4, -0.2) is 48.4 Å². The van der Waals surface area contributed by atoms with Crippen molar-refractivity contribution in [1.29, 1.82) is 0 Å². The highest BCUT2D eigenvalue weighted by Crippen LogP contribution is 2.22. The Morgan fingerprint density at radius 2 is 1.44 bits per heavy atom. The summed E-state index contributed by atoms with van der Waals surface area (Å²) in [6, 6.07) is 31.5. The molecule has 4 heteroatoms. The van der Waals surface area contributed by atoms with Gasteiger partial charge in [0, 0.05) is 44.8 Å². The molecule has 34 heavy (non-hydrogen) atoms. The second-order valence-corrected chi connectivity index (χ2v) is 9.15. The predicted octanol–water partition coefficient (Wildman–Crippen LogP) is 4.97. The number of hydrogen-bond acceptors (Lipinski definition) is 3. The minimum Gasteiger partial charge on any atom is -0.366 e. The normalized spacial score (nSPS) is 14.9. The number of hydrogen-bond donors (Lipinski definition) is 1. The predicted molar refractivity (Wildman–Crippen MR) is 140 cm³/mol. The molecule has 0 saturated carbocycles. The van der Waals surface area contributed by atoms with E-state index in [9.17, 15) is 4.79 Å². The van der Waals surface area contributed by atoms with Gasteiger partial charge in [-0.15, -0.1) is 0 Å². The second-order valence-electron chi connectivity index (χ2n) is 9.15. The summed E-state index contributed by atoms with van der Waals surface area (Å²) in [4.78, 5) is 16.6. The zero-order chi connectivity index (χ0) is 23.3. The topological polar surface area (TPSA) is 49.6 Å². The van der Waals surface area contributed by atoms with Crippen molar-refractivity contribution >= 4 is 16.7 Å². The number of piperazine rings is 1. The van der Waals surface area contributed by atoms with Crippen LogP contribution in [0.2, 0.25) is 0 Å². The standard InChI is InChI=1S/C30H31N3O/c31-30(34)28-9-4-8-27(21-28)24-13-11-23(12-14-24)22-33-19-17-32(18-20-33)16-15-26-7-3-6-25-5-1-2-10-29(25)26/h1-14,21H,15-20,22H2,(H2,31,34). The molecule has 4 nitrogen and oxygen atoms in total. The Labute approximate surface area is 201 Å². The van der Waals surface area contributed by atoms with Crippen molar-refractivity contribution in [2.45, 2.75) is 13.0 Å². The van der Waals surface area contributed by atoms with Gasteiger partial charge in [0.1, 0.15) is 0 Å². The van der Waals surface area contributed by atoms with Gasteiger partial charge in [-0.25, -0.2) is 0 Å². The molecule has 0 bridgehead atoms. The van der Waals surface area contributed by atoms with Crippen LogP contribution >= 0.6 is 0 Å². The van der Waals surface area contributed by atoms with Crippen LogP contribution in [0, 0.1) is 0 Å². The van der Waals surface area contributed by atoms with Crippen LogP contribution in [0.4, 0.5) is 0 Å². The van der Waals surface area contributed by atoms with Crippen molar-refractivity contribution in [3.8, 4) is 11.1 Å². The molecule has 4 aromatic rings. The number of benzene rings is 4. The number of nitrogens with two attached hydrogens (primary N) is 1.